The monoisotopic (exact) mass is 477 g/mol. The summed E-state index contributed by atoms with van der Waals surface area (Å²) >= 11 is 6.19. The number of aryl methyl sites for hydroxylation is 1. The van der Waals surface area contributed by atoms with Crippen LogP contribution < -0.4 is 25.4 Å². The Morgan fingerprint density at radius 2 is 1.68 bits per heavy atom. The molecule has 0 aromatic heterocycles. The molecule has 0 radical (unpaired) electrons. The second-order valence-electron chi connectivity index (χ2n) is 7.44. The van der Waals surface area contributed by atoms with E-state index in [1.54, 1.807) is 54.6 Å². The second-order valence-corrected chi connectivity index (χ2v) is 7.82. The summed E-state index contributed by atoms with van der Waals surface area (Å²) in [5.41, 5.74) is 8.12. The maximum absolute atomic E-state index is 13.0. The largest absolute Gasteiger partial charge is 0.495 e. The molecule has 2 amide bonds. The first kappa shape index (κ1) is 22.9. The number of rotatable bonds is 6. The molecule has 0 spiro atoms. The number of methoxy groups -OCH3 is 1. The number of imide groups is 1. The van der Waals surface area contributed by atoms with Gasteiger partial charge in [0.1, 0.15) is 16.5 Å². The smallest absolute Gasteiger partial charge is 0.343 e. The minimum atomic E-state index is -0.672. The third-order valence-electron chi connectivity index (χ3n) is 5.11. The van der Waals surface area contributed by atoms with Crippen LogP contribution in [0.4, 0.5) is 17.1 Å². The number of hydrogen-bond acceptors (Lipinski definition) is 7. The van der Waals surface area contributed by atoms with E-state index in [-0.39, 0.29) is 27.7 Å². The number of nitrogens with one attached hydrogen (secondary N) is 1. The SMILES string of the molecule is COc1ccccc1N1C(=O)C(Cl)=C(Nc2ccc(C(=O)Oc3ccc(C)cc3N)cc2)C1=O. The molecular formula is C25H20ClN3O5. The molecule has 1 aliphatic rings. The van der Waals surface area contributed by atoms with Crippen LogP contribution >= 0.6 is 11.6 Å². The van der Waals surface area contributed by atoms with E-state index in [0.717, 1.165) is 10.5 Å². The maximum atomic E-state index is 13.0. The second kappa shape index (κ2) is 9.29. The first-order valence-electron chi connectivity index (χ1n) is 10.2. The highest BCUT2D eigenvalue weighted by atomic mass is 35.5. The number of nitrogen functional groups attached to an aromatic ring is 1. The number of anilines is 3. The van der Waals surface area contributed by atoms with Gasteiger partial charge < -0.3 is 20.5 Å². The van der Waals surface area contributed by atoms with Crippen LogP contribution in [0.5, 0.6) is 11.5 Å². The van der Waals surface area contributed by atoms with Gasteiger partial charge in [0.15, 0.2) is 5.75 Å². The zero-order valence-electron chi connectivity index (χ0n) is 18.3. The number of nitrogens with two attached hydrogens (primary N) is 1. The predicted molar refractivity (Wildman–Crippen MR) is 129 cm³/mol. The van der Waals surface area contributed by atoms with Gasteiger partial charge in [0.2, 0.25) is 0 Å². The number of carbonyl (C=O) groups excluding carboxylic acids is 3. The number of para-hydroxylation sites is 2. The molecule has 9 heteroatoms. The molecule has 0 saturated carbocycles. The van der Waals surface area contributed by atoms with Crippen molar-refractivity contribution in [2.45, 2.75) is 6.92 Å². The third kappa shape index (κ3) is 4.31. The van der Waals surface area contributed by atoms with Gasteiger partial charge in [-0.05, 0) is 61.0 Å². The Balaban J connectivity index is 1.50. The Morgan fingerprint density at radius 3 is 2.35 bits per heavy atom. The van der Waals surface area contributed by atoms with Crippen molar-refractivity contribution in [2.75, 3.05) is 23.1 Å². The Labute approximate surface area is 200 Å². The summed E-state index contributed by atoms with van der Waals surface area (Å²) in [6.07, 6.45) is 0. The number of carbonyl (C=O) groups is 3. The van der Waals surface area contributed by atoms with Crippen LogP contribution in [0.2, 0.25) is 0 Å². The first-order valence-corrected chi connectivity index (χ1v) is 10.5. The maximum Gasteiger partial charge on any atom is 0.343 e. The molecule has 4 rings (SSSR count). The number of amides is 2. The van der Waals surface area contributed by atoms with Crippen molar-refractivity contribution in [1.82, 2.24) is 0 Å². The quantitative estimate of drug-likeness (QED) is 0.236. The minimum absolute atomic E-state index is 0.0830. The number of nitrogens with zero attached hydrogens (tertiary/aromatic N) is 1. The summed E-state index contributed by atoms with van der Waals surface area (Å²) in [6.45, 7) is 1.88. The molecule has 3 aromatic carbocycles. The predicted octanol–water partition coefficient (Wildman–Crippen LogP) is 4.24. The molecule has 0 atom stereocenters. The zero-order chi connectivity index (χ0) is 24.4. The van der Waals surface area contributed by atoms with E-state index in [1.165, 1.54) is 19.2 Å². The standard InChI is InChI=1S/C25H20ClN3O5/c1-14-7-12-19(17(27)13-14)34-25(32)15-8-10-16(11-9-15)28-22-21(26)23(30)29(24(22)31)18-5-3-4-6-20(18)33-2/h3-13,28H,27H2,1-2H3. The molecule has 1 aliphatic heterocycles. The molecule has 3 N–H and O–H groups in total. The van der Waals surface area contributed by atoms with Gasteiger partial charge in [0.25, 0.3) is 11.8 Å². The highest BCUT2D eigenvalue weighted by Crippen LogP contribution is 2.35. The van der Waals surface area contributed by atoms with Gasteiger partial charge in [0, 0.05) is 5.69 Å². The molecule has 3 aromatic rings. The topological polar surface area (TPSA) is 111 Å². The van der Waals surface area contributed by atoms with Crippen molar-refractivity contribution < 1.29 is 23.9 Å². The molecule has 0 bridgehead atoms. The molecule has 8 nitrogen and oxygen atoms in total. The van der Waals surface area contributed by atoms with Crippen LogP contribution in [0.1, 0.15) is 15.9 Å². The molecule has 0 aliphatic carbocycles. The Morgan fingerprint density at radius 1 is 0.971 bits per heavy atom. The Kier molecular flexibility index (Phi) is 6.25. The fourth-order valence-electron chi connectivity index (χ4n) is 3.40. The molecular weight excluding hydrogens is 458 g/mol. The Hall–Kier alpha value is -4.30. The fourth-order valence-corrected chi connectivity index (χ4v) is 3.61. The molecule has 1 heterocycles. The van der Waals surface area contributed by atoms with Crippen LogP contribution in [-0.4, -0.2) is 24.9 Å². The lowest BCUT2D eigenvalue weighted by Gasteiger charge is -2.17. The van der Waals surface area contributed by atoms with Gasteiger partial charge in [-0.1, -0.05) is 29.8 Å². The van der Waals surface area contributed by atoms with Gasteiger partial charge in [-0.3, -0.25) is 9.59 Å². The summed E-state index contributed by atoms with van der Waals surface area (Å²) < 4.78 is 10.6. The van der Waals surface area contributed by atoms with Crippen molar-refractivity contribution >= 4 is 46.4 Å². The number of benzene rings is 3. The van der Waals surface area contributed by atoms with Crippen LogP contribution in [0.3, 0.4) is 0 Å². The molecule has 0 fully saturated rings. The Bertz CT molecular complexity index is 1330. The van der Waals surface area contributed by atoms with E-state index < -0.39 is 17.8 Å². The number of esters is 1. The van der Waals surface area contributed by atoms with Crippen LogP contribution in [0.15, 0.2) is 77.5 Å². The van der Waals surface area contributed by atoms with E-state index in [2.05, 4.69) is 5.32 Å². The summed E-state index contributed by atoms with van der Waals surface area (Å²) in [7, 11) is 1.44. The average Bonchev–Trinajstić information content (AvgIpc) is 3.04. The lowest BCUT2D eigenvalue weighted by Crippen LogP contribution is -2.32. The highest BCUT2D eigenvalue weighted by Gasteiger charge is 2.40. The summed E-state index contributed by atoms with van der Waals surface area (Å²) in [4.78, 5) is 39.1. The van der Waals surface area contributed by atoms with Crippen LogP contribution in [0, 0.1) is 6.92 Å². The van der Waals surface area contributed by atoms with Gasteiger partial charge in [-0.2, -0.15) is 0 Å². The van der Waals surface area contributed by atoms with Crippen molar-refractivity contribution in [3.05, 3.63) is 88.6 Å². The molecule has 172 valence electrons. The fraction of sp³-hybridized carbons (Fsp3) is 0.0800. The zero-order valence-corrected chi connectivity index (χ0v) is 19.1. The minimum Gasteiger partial charge on any atom is -0.495 e. The van der Waals surface area contributed by atoms with E-state index in [9.17, 15) is 14.4 Å². The van der Waals surface area contributed by atoms with Crippen molar-refractivity contribution in [3.8, 4) is 11.5 Å². The van der Waals surface area contributed by atoms with E-state index in [1.807, 2.05) is 6.92 Å². The van der Waals surface area contributed by atoms with E-state index >= 15 is 0 Å². The summed E-state index contributed by atoms with van der Waals surface area (Å²) in [5, 5.41) is 2.61. The van der Waals surface area contributed by atoms with Gasteiger partial charge in [-0.15, -0.1) is 0 Å². The van der Waals surface area contributed by atoms with Gasteiger partial charge >= 0.3 is 5.97 Å². The van der Waals surface area contributed by atoms with E-state index in [0.29, 0.717) is 17.1 Å². The number of hydrogen-bond donors (Lipinski definition) is 2. The molecule has 0 saturated heterocycles. The van der Waals surface area contributed by atoms with E-state index in [4.69, 9.17) is 26.8 Å². The first-order chi connectivity index (χ1) is 16.3. The van der Waals surface area contributed by atoms with Crippen LogP contribution in [-0.2, 0) is 9.59 Å². The van der Waals surface area contributed by atoms with Crippen molar-refractivity contribution in [2.24, 2.45) is 0 Å². The number of halogens is 1. The molecule has 34 heavy (non-hydrogen) atoms. The van der Waals surface area contributed by atoms with Gasteiger partial charge in [0.05, 0.1) is 24.0 Å². The van der Waals surface area contributed by atoms with Crippen molar-refractivity contribution in [1.29, 1.82) is 0 Å². The highest BCUT2D eigenvalue weighted by molar-refractivity contribution is 6.53. The lowest BCUT2D eigenvalue weighted by atomic mass is 10.2. The lowest BCUT2D eigenvalue weighted by molar-refractivity contribution is -0.120. The third-order valence-corrected chi connectivity index (χ3v) is 5.46. The van der Waals surface area contributed by atoms with Crippen LogP contribution in [0.25, 0.3) is 0 Å². The summed E-state index contributed by atoms with van der Waals surface area (Å²) in [6, 6.07) is 17.9. The number of ether oxygens (including phenoxy) is 2. The summed E-state index contributed by atoms with van der Waals surface area (Å²) in [5.74, 6) is -1.27. The average molecular weight is 478 g/mol. The van der Waals surface area contributed by atoms with Gasteiger partial charge in [-0.25, -0.2) is 9.69 Å². The van der Waals surface area contributed by atoms with Crippen molar-refractivity contribution in [3.63, 3.8) is 0 Å². The molecule has 0 unspecified atom stereocenters. The normalized spacial score (nSPS) is 13.3.